The summed E-state index contributed by atoms with van der Waals surface area (Å²) in [5.41, 5.74) is -0.0207. The second-order valence-electron chi connectivity index (χ2n) is 7.94. The normalized spacial score (nSPS) is 11.4. The van der Waals surface area contributed by atoms with E-state index in [1.54, 1.807) is 43.3 Å². The maximum atomic E-state index is 13.7. The van der Waals surface area contributed by atoms with Crippen LogP contribution in [-0.2, 0) is 6.54 Å². The van der Waals surface area contributed by atoms with Gasteiger partial charge in [0.25, 0.3) is 11.1 Å². The SMILES string of the molecule is CC(=O)c1sc2c(c1C)c(=O)n(-c1ccc(Cl)cc1)c(=O)n2Cc1cc(=O)n2cc(Cl)ccc2n1. The van der Waals surface area contributed by atoms with Crippen molar-refractivity contribution in [2.45, 2.75) is 20.4 Å². The molecule has 11 heteroatoms. The third-order valence-corrected chi connectivity index (χ3v) is 7.50. The summed E-state index contributed by atoms with van der Waals surface area (Å²) in [7, 11) is 0. The van der Waals surface area contributed by atoms with Crippen LogP contribution in [0.2, 0.25) is 10.0 Å². The van der Waals surface area contributed by atoms with Crippen molar-refractivity contribution in [3.8, 4) is 5.69 Å². The fourth-order valence-electron chi connectivity index (χ4n) is 4.01. The highest BCUT2D eigenvalue weighted by Crippen LogP contribution is 2.29. The molecule has 0 radical (unpaired) electrons. The lowest BCUT2D eigenvalue weighted by molar-refractivity contribution is 0.102. The Morgan fingerprint density at radius 3 is 2.40 bits per heavy atom. The summed E-state index contributed by atoms with van der Waals surface area (Å²) in [6.45, 7) is 3.01. The fraction of sp³-hybridized carbons (Fsp3) is 0.125. The maximum Gasteiger partial charge on any atom is 0.337 e. The van der Waals surface area contributed by atoms with Crippen LogP contribution in [0.1, 0.15) is 27.9 Å². The van der Waals surface area contributed by atoms with Gasteiger partial charge in [-0.1, -0.05) is 23.2 Å². The summed E-state index contributed by atoms with van der Waals surface area (Å²) in [6.07, 6.45) is 1.46. The molecule has 0 saturated carbocycles. The molecule has 0 aliphatic rings. The van der Waals surface area contributed by atoms with Gasteiger partial charge in [0.15, 0.2) is 5.78 Å². The minimum atomic E-state index is -0.626. The van der Waals surface area contributed by atoms with Crippen molar-refractivity contribution < 1.29 is 4.79 Å². The molecule has 1 aromatic carbocycles. The molecule has 8 nitrogen and oxygen atoms in total. The molecule has 0 atom stereocenters. The van der Waals surface area contributed by atoms with Crippen molar-refractivity contribution in [3.05, 3.63) is 106 Å². The summed E-state index contributed by atoms with van der Waals surface area (Å²) in [4.78, 5) is 57.3. The third-order valence-electron chi connectivity index (χ3n) is 5.61. The van der Waals surface area contributed by atoms with Crippen molar-refractivity contribution in [2.24, 2.45) is 0 Å². The summed E-state index contributed by atoms with van der Waals surface area (Å²) < 4.78 is 3.71. The number of halogens is 2. The topological polar surface area (TPSA) is 95.4 Å². The Balaban J connectivity index is 1.82. The number of carbonyl (C=O) groups is 1. The van der Waals surface area contributed by atoms with Gasteiger partial charge in [0.05, 0.1) is 33.2 Å². The summed E-state index contributed by atoms with van der Waals surface area (Å²) in [5, 5.41) is 1.10. The lowest BCUT2D eigenvalue weighted by Gasteiger charge is -2.13. The second-order valence-corrected chi connectivity index (χ2v) is 9.81. The Morgan fingerprint density at radius 1 is 1.03 bits per heavy atom. The number of pyridine rings is 1. The van der Waals surface area contributed by atoms with Crippen LogP contribution in [0.3, 0.4) is 0 Å². The molecule has 176 valence electrons. The first kappa shape index (κ1) is 23.2. The lowest BCUT2D eigenvalue weighted by atomic mass is 10.1. The number of fused-ring (bicyclic) bond motifs is 2. The van der Waals surface area contributed by atoms with Crippen molar-refractivity contribution in [2.75, 3.05) is 0 Å². The van der Waals surface area contributed by atoms with E-state index < -0.39 is 11.2 Å². The van der Waals surface area contributed by atoms with Crippen LogP contribution in [-0.4, -0.2) is 24.3 Å². The van der Waals surface area contributed by atoms with Gasteiger partial charge in [-0.05, 0) is 55.8 Å². The minimum Gasteiger partial charge on any atom is -0.294 e. The van der Waals surface area contributed by atoms with E-state index in [9.17, 15) is 19.2 Å². The predicted octanol–water partition coefficient (Wildman–Crippen LogP) is 4.09. The van der Waals surface area contributed by atoms with Gasteiger partial charge < -0.3 is 0 Å². The van der Waals surface area contributed by atoms with E-state index in [1.807, 2.05) is 0 Å². The van der Waals surface area contributed by atoms with Crippen molar-refractivity contribution >= 4 is 56.2 Å². The fourth-order valence-corrected chi connectivity index (χ4v) is 5.48. The van der Waals surface area contributed by atoms with Crippen molar-refractivity contribution in [3.63, 3.8) is 0 Å². The number of Topliss-reactive ketones (excluding diaryl/α,β-unsaturated/α-hetero) is 1. The van der Waals surface area contributed by atoms with E-state index in [1.165, 1.54) is 28.2 Å². The van der Waals surface area contributed by atoms with E-state index in [-0.39, 0.29) is 23.3 Å². The summed E-state index contributed by atoms with van der Waals surface area (Å²) in [6, 6.07) is 10.8. The zero-order valence-electron chi connectivity index (χ0n) is 18.4. The number of aromatic nitrogens is 4. The van der Waals surface area contributed by atoms with E-state index in [2.05, 4.69) is 4.98 Å². The molecular weight excluding hydrogens is 511 g/mol. The summed E-state index contributed by atoms with van der Waals surface area (Å²) in [5.74, 6) is -0.209. The van der Waals surface area contributed by atoms with Crippen molar-refractivity contribution in [1.82, 2.24) is 18.5 Å². The molecule has 4 heterocycles. The van der Waals surface area contributed by atoms with Crippen LogP contribution in [0, 0.1) is 6.92 Å². The molecule has 0 N–H and O–H groups in total. The van der Waals surface area contributed by atoms with Crippen LogP contribution < -0.4 is 16.8 Å². The average molecular weight is 527 g/mol. The van der Waals surface area contributed by atoms with Gasteiger partial charge in [-0.3, -0.25) is 23.4 Å². The van der Waals surface area contributed by atoms with Gasteiger partial charge >= 0.3 is 5.69 Å². The van der Waals surface area contributed by atoms with Gasteiger partial charge in [0, 0.05) is 17.3 Å². The quantitative estimate of drug-likeness (QED) is 0.328. The van der Waals surface area contributed by atoms with Gasteiger partial charge in [-0.2, -0.15) is 0 Å². The van der Waals surface area contributed by atoms with Gasteiger partial charge in [0.2, 0.25) is 0 Å². The smallest absolute Gasteiger partial charge is 0.294 e. The van der Waals surface area contributed by atoms with Crippen LogP contribution in [0.5, 0.6) is 0 Å². The number of aryl methyl sites for hydroxylation is 1. The molecule has 0 fully saturated rings. The molecule has 0 bridgehead atoms. The number of carbonyl (C=O) groups excluding carboxylic acids is 1. The van der Waals surface area contributed by atoms with E-state index in [0.717, 1.165) is 15.9 Å². The molecule has 0 aliphatic carbocycles. The van der Waals surface area contributed by atoms with Crippen LogP contribution in [0.15, 0.2) is 63.0 Å². The summed E-state index contributed by atoms with van der Waals surface area (Å²) >= 11 is 13.1. The highest BCUT2D eigenvalue weighted by Gasteiger charge is 2.23. The number of nitrogens with zero attached hydrogens (tertiary/aromatic N) is 4. The number of hydrogen-bond acceptors (Lipinski definition) is 6. The standard InChI is InChI=1S/C24H16Cl2N4O4S/c1-12-20-22(33)30(17-6-3-14(25)4-7-17)24(34)29(23(20)35-21(12)13(2)31)11-16-9-19(32)28-10-15(26)5-8-18(28)27-16/h3-10H,11H2,1-2H3. The number of thiophene rings is 1. The molecule has 0 saturated heterocycles. The predicted molar refractivity (Wildman–Crippen MR) is 137 cm³/mol. The highest BCUT2D eigenvalue weighted by atomic mass is 35.5. The Bertz CT molecular complexity index is 1850. The van der Waals surface area contributed by atoms with E-state index >= 15 is 0 Å². The molecule has 5 rings (SSSR count). The molecule has 0 unspecified atom stereocenters. The maximum absolute atomic E-state index is 13.7. The molecule has 0 spiro atoms. The molecule has 35 heavy (non-hydrogen) atoms. The Labute approximate surface area is 211 Å². The average Bonchev–Trinajstić information content (AvgIpc) is 3.16. The van der Waals surface area contributed by atoms with Crippen LogP contribution in [0.25, 0.3) is 21.6 Å². The van der Waals surface area contributed by atoms with E-state index in [0.29, 0.717) is 42.3 Å². The van der Waals surface area contributed by atoms with Crippen LogP contribution >= 0.6 is 34.5 Å². The first-order chi connectivity index (χ1) is 16.7. The Kier molecular flexibility index (Phi) is 5.71. The minimum absolute atomic E-state index is 0.0884. The number of hydrogen-bond donors (Lipinski definition) is 0. The van der Waals surface area contributed by atoms with E-state index in [4.69, 9.17) is 23.2 Å². The first-order valence-corrected chi connectivity index (χ1v) is 12.0. The molecular formula is C24H16Cl2N4O4S. The van der Waals surface area contributed by atoms with Crippen molar-refractivity contribution in [1.29, 1.82) is 0 Å². The number of benzene rings is 1. The highest BCUT2D eigenvalue weighted by molar-refractivity contribution is 7.20. The zero-order valence-corrected chi connectivity index (χ0v) is 20.7. The first-order valence-electron chi connectivity index (χ1n) is 10.4. The van der Waals surface area contributed by atoms with Gasteiger partial charge in [-0.15, -0.1) is 11.3 Å². The largest absolute Gasteiger partial charge is 0.337 e. The molecule has 4 aromatic heterocycles. The second kappa shape index (κ2) is 8.60. The number of rotatable bonds is 4. The lowest BCUT2D eigenvalue weighted by Crippen LogP contribution is -2.39. The third kappa shape index (κ3) is 3.91. The van der Waals surface area contributed by atoms with Gasteiger partial charge in [-0.25, -0.2) is 14.3 Å². The van der Waals surface area contributed by atoms with Gasteiger partial charge in [0.1, 0.15) is 10.5 Å². The molecule has 5 aromatic rings. The molecule has 0 aliphatic heterocycles. The number of ketones is 1. The van der Waals surface area contributed by atoms with Crippen LogP contribution in [0.4, 0.5) is 0 Å². The zero-order chi connectivity index (χ0) is 25.0. The Morgan fingerprint density at radius 2 is 1.71 bits per heavy atom. The Hall–Kier alpha value is -3.53. The monoisotopic (exact) mass is 526 g/mol. The molecule has 0 amide bonds.